The van der Waals surface area contributed by atoms with Crippen LogP contribution < -0.4 is 5.32 Å². The lowest BCUT2D eigenvalue weighted by molar-refractivity contribution is -0.117. The molecular formula is C22H24ClN5O2. The standard InChI is InChI=1S/C22H24ClN5O2/c1-14-11-15(2)20(17(23)12-14)25-19(29)13-28-9-6-16(7-10-28)22-26-21(27-30-22)18-5-3-4-8-24-18/h3-5,8,11-12,16H,6-7,9-10,13H2,1-2H3,(H,25,29). The SMILES string of the molecule is Cc1cc(C)c(NC(=O)CN2CCC(c3nc(-c4ccccn4)no3)CC2)c(Cl)c1. The maximum absolute atomic E-state index is 12.5. The van der Waals surface area contributed by atoms with Crippen molar-refractivity contribution in [1.29, 1.82) is 0 Å². The summed E-state index contributed by atoms with van der Waals surface area (Å²) in [6.45, 7) is 5.85. The lowest BCUT2D eigenvalue weighted by Gasteiger charge is -2.29. The van der Waals surface area contributed by atoms with E-state index in [-0.39, 0.29) is 11.8 Å². The Morgan fingerprint density at radius 1 is 1.27 bits per heavy atom. The molecule has 4 rings (SSSR count). The molecule has 0 atom stereocenters. The zero-order valence-corrected chi connectivity index (χ0v) is 17.8. The minimum atomic E-state index is -0.0578. The number of nitrogens with one attached hydrogen (secondary N) is 1. The molecular weight excluding hydrogens is 402 g/mol. The molecule has 0 saturated carbocycles. The quantitative estimate of drug-likeness (QED) is 0.658. The maximum atomic E-state index is 12.5. The number of likely N-dealkylation sites (tertiary alicyclic amines) is 1. The largest absolute Gasteiger partial charge is 0.339 e. The first-order valence-electron chi connectivity index (χ1n) is 10.0. The third kappa shape index (κ3) is 4.68. The van der Waals surface area contributed by atoms with E-state index in [0.717, 1.165) is 37.1 Å². The summed E-state index contributed by atoms with van der Waals surface area (Å²) in [6.07, 6.45) is 3.43. The number of carbonyl (C=O) groups is 1. The number of hydrogen-bond donors (Lipinski definition) is 1. The van der Waals surface area contributed by atoms with Gasteiger partial charge in [-0.3, -0.25) is 14.7 Å². The Bertz CT molecular complexity index is 1010. The highest BCUT2D eigenvalue weighted by molar-refractivity contribution is 6.34. The topological polar surface area (TPSA) is 84.2 Å². The molecule has 156 valence electrons. The number of rotatable bonds is 5. The smallest absolute Gasteiger partial charge is 0.238 e. The Morgan fingerprint density at radius 2 is 2.07 bits per heavy atom. The van der Waals surface area contributed by atoms with Crippen molar-refractivity contribution in [2.75, 3.05) is 25.0 Å². The molecule has 30 heavy (non-hydrogen) atoms. The normalized spacial score (nSPS) is 15.3. The molecule has 0 aliphatic carbocycles. The molecule has 1 fully saturated rings. The minimum absolute atomic E-state index is 0.0578. The van der Waals surface area contributed by atoms with Crippen molar-refractivity contribution in [2.24, 2.45) is 0 Å². The summed E-state index contributed by atoms with van der Waals surface area (Å²) in [7, 11) is 0. The Hall–Kier alpha value is -2.77. The van der Waals surface area contributed by atoms with Crippen LogP contribution in [0.15, 0.2) is 41.1 Å². The van der Waals surface area contributed by atoms with Crippen LogP contribution in [0.1, 0.15) is 35.8 Å². The number of hydrogen-bond acceptors (Lipinski definition) is 6. The number of benzene rings is 1. The van der Waals surface area contributed by atoms with E-state index in [1.54, 1.807) is 6.20 Å². The second kappa shape index (κ2) is 8.93. The van der Waals surface area contributed by atoms with Gasteiger partial charge >= 0.3 is 0 Å². The number of nitrogens with zero attached hydrogens (tertiary/aromatic N) is 4. The number of pyridine rings is 1. The van der Waals surface area contributed by atoms with Gasteiger partial charge in [-0.25, -0.2) is 0 Å². The predicted octanol–water partition coefficient (Wildman–Crippen LogP) is 4.22. The highest BCUT2D eigenvalue weighted by Gasteiger charge is 2.26. The van der Waals surface area contributed by atoms with Gasteiger partial charge in [-0.05, 0) is 69.1 Å². The van der Waals surface area contributed by atoms with E-state index in [4.69, 9.17) is 16.1 Å². The van der Waals surface area contributed by atoms with Gasteiger partial charge in [0.25, 0.3) is 0 Å². The molecule has 1 saturated heterocycles. The first-order valence-corrected chi connectivity index (χ1v) is 10.4. The summed E-state index contributed by atoms with van der Waals surface area (Å²) in [5, 5.41) is 7.59. The van der Waals surface area contributed by atoms with E-state index in [2.05, 4.69) is 25.3 Å². The summed E-state index contributed by atoms with van der Waals surface area (Å²) in [5.41, 5.74) is 3.43. The first-order chi connectivity index (χ1) is 14.5. The summed E-state index contributed by atoms with van der Waals surface area (Å²) < 4.78 is 5.48. The van der Waals surface area contributed by atoms with Gasteiger partial charge in [0.2, 0.25) is 17.6 Å². The monoisotopic (exact) mass is 425 g/mol. The molecule has 3 heterocycles. The fraction of sp³-hybridized carbons (Fsp3) is 0.364. The maximum Gasteiger partial charge on any atom is 0.238 e. The van der Waals surface area contributed by atoms with Crippen LogP contribution in [0.25, 0.3) is 11.5 Å². The fourth-order valence-electron chi connectivity index (χ4n) is 3.79. The molecule has 0 spiro atoms. The van der Waals surface area contributed by atoms with Crippen LogP contribution in [0.3, 0.4) is 0 Å². The van der Waals surface area contributed by atoms with Crippen molar-refractivity contribution < 1.29 is 9.32 Å². The van der Waals surface area contributed by atoms with E-state index < -0.39 is 0 Å². The number of halogens is 1. The molecule has 1 amide bonds. The molecule has 1 aliphatic rings. The van der Waals surface area contributed by atoms with E-state index >= 15 is 0 Å². The van der Waals surface area contributed by atoms with Crippen LogP contribution >= 0.6 is 11.6 Å². The zero-order chi connectivity index (χ0) is 21.1. The van der Waals surface area contributed by atoms with Crippen molar-refractivity contribution in [1.82, 2.24) is 20.0 Å². The Morgan fingerprint density at radius 3 is 2.77 bits per heavy atom. The molecule has 8 heteroatoms. The molecule has 7 nitrogen and oxygen atoms in total. The highest BCUT2D eigenvalue weighted by atomic mass is 35.5. The number of carbonyl (C=O) groups excluding carboxylic acids is 1. The summed E-state index contributed by atoms with van der Waals surface area (Å²) in [4.78, 5) is 23.4. The number of aryl methyl sites for hydroxylation is 2. The van der Waals surface area contributed by atoms with Crippen molar-refractivity contribution in [3.8, 4) is 11.5 Å². The summed E-state index contributed by atoms with van der Waals surface area (Å²) in [6, 6.07) is 9.48. The van der Waals surface area contributed by atoms with Gasteiger partial charge in [-0.1, -0.05) is 28.9 Å². The number of piperidine rings is 1. The number of aromatic nitrogens is 3. The zero-order valence-electron chi connectivity index (χ0n) is 17.1. The lowest BCUT2D eigenvalue weighted by atomic mass is 9.97. The van der Waals surface area contributed by atoms with Crippen LogP contribution in [-0.4, -0.2) is 45.6 Å². The van der Waals surface area contributed by atoms with Crippen LogP contribution in [-0.2, 0) is 4.79 Å². The van der Waals surface area contributed by atoms with E-state index in [1.165, 1.54) is 0 Å². The van der Waals surface area contributed by atoms with Crippen molar-refractivity contribution in [3.05, 3.63) is 58.6 Å². The van der Waals surface area contributed by atoms with Crippen molar-refractivity contribution in [3.63, 3.8) is 0 Å². The van der Waals surface area contributed by atoms with Crippen molar-refractivity contribution >= 4 is 23.2 Å². The average molecular weight is 426 g/mol. The van der Waals surface area contributed by atoms with Gasteiger partial charge in [0.05, 0.1) is 17.3 Å². The first kappa shape index (κ1) is 20.5. The molecule has 1 N–H and O–H groups in total. The van der Waals surface area contributed by atoms with E-state index in [0.29, 0.717) is 34.7 Å². The Balaban J connectivity index is 1.31. The number of anilines is 1. The van der Waals surface area contributed by atoms with Gasteiger partial charge in [0.15, 0.2) is 0 Å². The molecule has 0 radical (unpaired) electrons. The molecule has 1 aliphatic heterocycles. The predicted molar refractivity (Wildman–Crippen MR) is 115 cm³/mol. The second-order valence-corrected chi connectivity index (χ2v) is 8.12. The van der Waals surface area contributed by atoms with Crippen LogP contribution in [0.4, 0.5) is 5.69 Å². The molecule has 0 unspecified atom stereocenters. The summed E-state index contributed by atoms with van der Waals surface area (Å²) in [5.74, 6) is 1.29. The molecule has 0 bridgehead atoms. The Kier molecular flexibility index (Phi) is 6.11. The fourth-order valence-corrected chi connectivity index (χ4v) is 4.16. The van der Waals surface area contributed by atoms with Gasteiger partial charge in [0, 0.05) is 12.1 Å². The second-order valence-electron chi connectivity index (χ2n) is 7.71. The van der Waals surface area contributed by atoms with Gasteiger partial charge in [0.1, 0.15) is 5.69 Å². The third-order valence-corrected chi connectivity index (χ3v) is 5.63. The third-order valence-electron chi connectivity index (χ3n) is 5.34. The lowest BCUT2D eigenvalue weighted by Crippen LogP contribution is -2.38. The average Bonchev–Trinajstić information content (AvgIpc) is 3.22. The van der Waals surface area contributed by atoms with Gasteiger partial charge < -0.3 is 9.84 Å². The molecule has 1 aromatic carbocycles. The Labute approximate surface area is 180 Å². The van der Waals surface area contributed by atoms with Crippen LogP contribution in [0.5, 0.6) is 0 Å². The summed E-state index contributed by atoms with van der Waals surface area (Å²) >= 11 is 6.30. The highest BCUT2D eigenvalue weighted by Crippen LogP contribution is 2.29. The van der Waals surface area contributed by atoms with Gasteiger partial charge in [-0.15, -0.1) is 0 Å². The van der Waals surface area contributed by atoms with E-state index in [1.807, 2.05) is 44.2 Å². The minimum Gasteiger partial charge on any atom is -0.339 e. The molecule has 2 aromatic heterocycles. The van der Waals surface area contributed by atoms with E-state index in [9.17, 15) is 4.79 Å². The van der Waals surface area contributed by atoms with Crippen molar-refractivity contribution in [2.45, 2.75) is 32.6 Å². The van der Waals surface area contributed by atoms with Crippen LogP contribution in [0.2, 0.25) is 5.02 Å². The van der Waals surface area contributed by atoms with Crippen LogP contribution in [0, 0.1) is 13.8 Å². The van der Waals surface area contributed by atoms with Gasteiger partial charge in [-0.2, -0.15) is 4.98 Å². The molecule has 3 aromatic rings. The number of amides is 1.